The van der Waals surface area contributed by atoms with Gasteiger partial charge in [0.1, 0.15) is 11.2 Å². The van der Waals surface area contributed by atoms with E-state index in [1.807, 2.05) is 12.1 Å². The van der Waals surface area contributed by atoms with E-state index in [9.17, 15) is 0 Å². The van der Waals surface area contributed by atoms with Gasteiger partial charge in [0.2, 0.25) is 0 Å². The molecule has 0 atom stereocenters. The van der Waals surface area contributed by atoms with E-state index in [2.05, 4.69) is 132 Å². The predicted molar refractivity (Wildman–Crippen MR) is 168 cm³/mol. The minimum Gasteiger partial charge on any atom is -0.456 e. The van der Waals surface area contributed by atoms with Crippen LogP contribution < -0.4 is 4.90 Å². The molecule has 0 unspecified atom stereocenters. The Morgan fingerprint density at radius 1 is 0.600 bits per heavy atom. The third-order valence-corrected chi connectivity index (χ3v) is 8.37. The highest BCUT2D eigenvalue weighted by Gasteiger charge is 2.17. The molecule has 40 heavy (non-hydrogen) atoms. The Labute approximate surface area is 232 Å². The van der Waals surface area contributed by atoms with Gasteiger partial charge < -0.3 is 13.9 Å². The summed E-state index contributed by atoms with van der Waals surface area (Å²) in [5, 5.41) is 4.90. The fourth-order valence-electron chi connectivity index (χ4n) is 6.26. The van der Waals surface area contributed by atoms with Gasteiger partial charge in [-0.2, -0.15) is 0 Å². The van der Waals surface area contributed by atoms with Crippen LogP contribution >= 0.6 is 0 Å². The van der Waals surface area contributed by atoms with E-state index >= 15 is 0 Å². The molecule has 3 nitrogen and oxygen atoms in total. The van der Waals surface area contributed by atoms with Crippen LogP contribution in [0, 0.1) is 0 Å². The quantitative estimate of drug-likeness (QED) is 0.232. The summed E-state index contributed by atoms with van der Waals surface area (Å²) < 4.78 is 8.51. The first-order chi connectivity index (χ1) is 19.7. The summed E-state index contributed by atoms with van der Waals surface area (Å²) in [7, 11) is 2.18. The first-order valence-electron chi connectivity index (χ1n) is 13.9. The second-order valence-electron chi connectivity index (χ2n) is 10.6. The third-order valence-electron chi connectivity index (χ3n) is 8.37. The second-order valence-corrected chi connectivity index (χ2v) is 10.6. The largest absolute Gasteiger partial charge is 0.456 e. The minimum atomic E-state index is 0.944. The van der Waals surface area contributed by atoms with Crippen molar-refractivity contribution >= 4 is 55.0 Å². The highest BCUT2D eigenvalue weighted by Crippen LogP contribution is 2.37. The molecule has 0 saturated carbocycles. The van der Waals surface area contributed by atoms with E-state index in [0.717, 1.165) is 24.0 Å². The molecule has 0 fully saturated rings. The van der Waals surface area contributed by atoms with Gasteiger partial charge in [0.15, 0.2) is 0 Å². The Hall–Kier alpha value is -5.02. The van der Waals surface area contributed by atoms with Gasteiger partial charge in [-0.15, -0.1) is 0 Å². The molecule has 0 saturated heterocycles. The maximum absolute atomic E-state index is 6.14. The van der Waals surface area contributed by atoms with Crippen molar-refractivity contribution in [1.82, 2.24) is 4.57 Å². The first-order valence-corrected chi connectivity index (χ1v) is 13.9. The molecule has 1 aliphatic carbocycles. The maximum Gasteiger partial charge on any atom is 0.136 e. The number of benzene rings is 5. The zero-order chi connectivity index (χ0) is 26.6. The van der Waals surface area contributed by atoms with E-state index in [-0.39, 0.29) is 0 Å². The smallest absolute Gasteiger partial charge is 0.136 e. The van der Waals surface area contributed by atoms with E-state index in [1.165, 1.54) is 60.8 Å². The molecule has 1 aliphatic rings. The maximum atomic E-state index is 6.14. The summed E-state index contributed by atoms with van der Waals surface area (Å²) in [4.78, 5) is 2.34. The van der Waals surface area contributed by atoms with Crippen molar-refractivity contribution in [1.29, 1.82) is 0 Å². The predicted octanol–water partition coefficient (Wildman–Crippen LogP) is 9.88. The van der Waals surface area contributed by atoms with Crippen LogP contribution in [0.15, 0.2) is 138 Å². The average Bonchev–Trinajstić information content (AvgIpc) is 3.56. The van der Waals surface area contributed by atoms with E-state index in [0.29, 0.717) is 0 Å². The summed E-state index contributed by atoms with van der Waals surface area (Å²) in [6.07, 6.45) is 6.54. The van der Waals surface area contributed by atoms with Crippen molar-refractivity contribution in [2.24, 2.45) is 0 Å². The molecule has 0 bridgehead atoms. The number of anilines is 1. The van der Waals surface area contributed by atoms with Gasteiger partial charge in [0.05, 0.1) is 11.0 Å². The lowest BCUT2D eigenvalue weighted by Crippen LogP contribution is -2.17. The minimum absolute atomic E-state index is 0.944. The number of hydrogen-bond donors (Lipinski definition) is 0. The topological polar surface area (TPSA) is 21.3 Å². The van der Waals surface area contributed by atoms with Crippen molar-refractivity contribution in [3.05, 3.63) is 139 Å². The van der Waals surface area contributed by atoms with Crippen LogP contribution in [0.25, 0.3) is 55.0 Å². The number of aromatic nitrogens is 1. The lowest BCUT2D eigenvalue weighted by atomic mass is 9.94. The van der Waals surface area contributed by atoms with Crippen LogP contribution in [-0.2, 0) is 0 Å². The van der Waals surface area contributed by atoms with Crippen molar-refractivity contribution in [3.63, 3.8) is 0 Å². The molecule has 5 aromatic carbocycles. The van der Waals surface area contributed by atoms with Crippen LogP contribution in [0.1, 0.15) is 18.4 Å². The molecule has 0 spiro atoms. The Bertz CT molecular complexity index is 2120. The molecule has 0 aliphatic heterocycles. The van der Waals surface area contributed by atoms with Gasteiger partial charge >= 0.3 is 0 Å². The van der Waals surface area contributed by atoms with E-state index < -0.39 is 0 Å². The Balaban J connectivity index is 1.14. The molecule has 2 aromatic heterocycles. The van der Waals surface area contributed by atoms with Crippen LogP contribution in [0.4, 0.5) is 5.69 Å². The summed E-state index contributed by atoms with van der Waals surface area (Å²) in [6.45, 7) is 0. The van der Waals surface area contributed by atoms with E-state index in [4.69, 9.17) is 4.42 Å². The van der Waals surface area contributed by atoms with Gasteiger partial charge in [-0.3, -0.25) is 0 Å². The molecule has 3 heteroatoms. The van der Waals surface area contributed by atoms with Crippen molar-refractivity contribution in [3.8, 4) is 5.69 Å². The third kappa shape index (κ3) is 3.59. The highest BCUT2D eigenvalue weighted by atomic mass is 16.3. The molecule has 7 aromatic rings. The summed E-state index contributed by atoms with van der Waals surface area (Å²) in [5.41, 5.74) is 10.6. The summed E-state index contributed by atoms with van der Waals surface area (Å²) >= 11 is 0. The van der Waals surface area contributed by atoms with Gasteiger partial charge in [0, 0.05) is 45.7 Å². The van der Waals surface area contributed by atoms with Crippen molar-refractivity contribution in [2.75, 3.05) is 11.9 Å². The van der Waals surface area contributed by atoms with Crippen molar-refractivity contribution in [2.45, 2.75) is 12.8 Å². The normalized spacial score (nSPS) is 13.7. The lowest BCUT2D eigenvalue weighted by Gasteiger charge is -2.26. The summed E-state index contributed by atoms with van der Waals surface area (Å²) in [6, 6.07) is 41.1. The van der Waals surface area contributed by atoms with Gasteiger partial charge in [-0.25, -0.2) is 0 Å². The zero-order valence-electron chi connectivity index (χ0n) is 22.3. The fraction of sp³-hybridized carbons (Fsp3) is 0.0811. The Kier molecular flexibility index (Phi) is 5.17. The Morgan fingerprint density at radius 3 is 2.20 bits per heavy atom. The Morgan fingerprint density at radius 2 is 1.35 bits per heavy atom. The van der Waals surface area contributed by atoms with Gasteiger partial charge in [0.25, 0.3) is 0 Å². The highest BCUT2D eigenvalue weighted by molar-refractivity contribution is 6.10. The number of fused-ring (bicyclic) bond motifs is 6. The monoisotopic (exact) mass is 516 g/mol. The van der Waals surface area contributed by atoms with Crippen LogP contribution in [0.2, 0.25) is 0 Å². The summed E-state index contributed by atoms with van der Waals surface area (Å²) in [5.74, 6) is 0. The number of para-hydroxylation sites is 3. The lowest BCUT2D eigenvalue weighted by molar-refractivity contribution is 0.668. The number of rotatable bonds is 4. The molecule has 2 heterocycles. The molecule has 0 amide bonds. The standard InChI is InChI=1S/C37H28N2O/c1-38(27-18-15-25(16-19-27)26-17-21-32-31-12-6-8-14-36(31)40-37(32)23-26)29-20-22-35-33(24-29)30-11-5-7-13-34(30)39(35)28-9-3-2-4-10-28/h2-15,17-18,20-24H,16,19H2,1H3. The zero-order valence-corrected chi connectivity index (χ0v) is 22.3. The fourth-order valence-corrected chi connectivity index (χ4v) is 6.26. The first kappa shape index (κ1) is 22.9. The van der Waals surface area contributed by atoms with Gasteiger partial charge in [-0.1, -0.05) is 66.7 Å². The van der Waals surface area contributed by atoms with Crippen LogP contribution in [0.5, 0.6) is 0 Å². The van der Waals surface area contributed by atoms with Crippen LogP contribution in [-0.4, -0.2) is 11.6 Å². The number of allylic oxidation sites excluding steroid dienone is 4. The number of furan rings is 1. The average molecular weight is 517 g/mol. The molecule has 8 rings (SSSR count). The molecule has 0 radical (unpaired) electrons. The van der Waals surface area contributed by atoms with Crippen LogP contribution in [0.3, 0.4) is 0 Å². The molecule has 192 valence electrons. The van der Waals surface area contributed by atoms with Gasteiger partial charge in [-0.05, 0) is 84.7 Å². The second kappa shape index (κ2) is 9.03. The molecule has 0 N–H and O–H groups in total. The van der Waals surface area contributed by atoms with Crippen molar-refractivity contribution < 1.29 is 4.42 Å². The van der Waals surface area contributed by atoms with E-state index in [1.54, 1.807) is 0 Å². The molecular formula is C37H28N2O. The number of nitrogens with zero attached hydrogens (tertiary/aromatic N) is 2. The SMILES string of the molecule is CN(C1=CC=C(c2ccc3c(c2)oc2ccccc23)CC1)c1ccc2c(c1)c1ccccc1n2-c1ccccc1. The molecular weight excluding hydrogens is 488 g/mol. The number of hydrogen-bond acceptors (Lipinski definition) is 2.